The highest BCUT2D eigenvalue weighted by atomic mass is 16.1. The maximum absolute atomic E-state index is 12.2. The van der Waals surface area contributed by atoms with Crippen LogP contribution in [0.1, 0.15) is 51.9 Å². The van der Waals surface area contributed by atoms with Gasteiger partial charge >= 0.3 is 0 Å². The molecule has 0 bridgehead atoms. The Hall–Kier alpha value is -1.32. The second kappa shape index (κ2) is 6.57. The minimum Gasteiger partial charge on any atom is -0.363 e. The van der Waals surface area contributed by atoms with Crippen molar-refractivity contribution in [3.8, 4) is 0 Å². The minimum absolute atomic E-state index is 0.0172. The molecule has 4 heteroatoms. The van der Waals surface area contributed by atoms with Gasteiger partial charge in [0.25, 0.3) is 5.56 Å². The molecular weight excluding hydrogens is 226 g/mol. The van der Waals surface area contributed by atoms with Gasteiger partial charge < -0.3 is 9.88 Å². The van der Waals surface area contributed by atoms with Crippen LogP contribution < -0.4 is 10.9 Å². The van der Waals surface area contributed by atoms with E-state index < -0.39 is 0 Å². The van der Waals surface area contributed by atoms with Gasteiger partial charge in [-0.2, -0.15) is 0 Å². The van der Waals surface area contributed by atoms with Crippen LogP contribution in [-0.2, 0) is 6.54 Å². The first kappa shape index (κ1) is 13.1. The summed E-state index contributed by atoms with van der Waals surface area (Å²) < 4.78 is 1.74. The van der Waals surface area contributed by atoms with Gasteiger partial charge in [0.1, 0.15) is 0 Å². The van der Waals surface area contributed by atoms with E-state index in [2.05, 4.69) is 17.2 Å². The van der Waals surface area contributed by atoms with Crippen LogP contribution in [0.5, 0.6) is 0 Å². The van der Waals surface area contributed by atoms with Gasteiger partial charge in [-0.3, -0.25) is 4.79 Å². The molecule has 1 aromatic heterocycles. The van der Waals surface area contributed by atoms with Crippen molar-refractivity contribution in [2.45, 2.75) is 64.5 Å². The molecule has 1 aliphatic rings. The van der Waals surface area contributed by atoms with E-state index >= 15 is 0 Å². The maximum Gasteiger partial charge on any atom is 0.293 e. The molecule has 18 heavy (non-hydrogen) atoms. The van der Waals surface area contributed by atoms with E-state index in [1.807, 2.05) is 0 Å². The van der Waals surface area contributed by atoms with E-state index in [4.69, 9.17) is 0 Å². The van der Waals surface area contributed by atoms with Crippen LogP contribution in [0.4, 0.5) is 5.82 Å². The quantitative estimate of drug-likeness (QED) is 0.835. The molecule has 0 amide bonds. The maximum atomic E-state index is 12.2. The number of nitrogens with one attached hydrogen (secondary N) is 1. The molecule has 100 valence electrons. The summed E-state index contributed by atoms with van der Waals surface area (Å²) in [6, 6.07) is 0.421. The third-order valence-electron chi connectivity index (χ3n) is 3.57. The lowest BCUT2D eigenvalue weighted by Crippen LogP contribution is -2.29. The van der Waals surface area contributed by atoms with Gasteiger partial charge in [0.2, 0.25) is 0 Å². The molecule has 0 saturated heterocycles. The normalized spacial score (nSPS) is 17.4. The van der Waals surface area contributed by atoms with Crippen LogP contribution in [0.3, 0.4) is 0 Å². The zero-order chi connectivity index (χ0) is 12.8. The van der Waals surface area contributed by atoms with Crippen LogP contribution in [-0.4, -0.2) is 15.6 Å². The molecule has 1 saturated carbocycles. The fourth-order valence-corrected chi connectivity index (χ4v) is 2.58. The van der Waals surface area contributed by atoms with Crippen molar-refractivity contribution in [1.29, 1.82) is 0 Å². The molecule has 0 radical (unpaired) electrons. The average Bonchev–Trinajstić information content (AvgIpc) is 2.63. The second-order valence-electron chi connectivity index (χ2n) is 5.11. The first-order valence-corrected chi connectivity index (χ1v) is 7.13. The number of rotatable bonds is 4. The Labute approximate surface area is 108 Å². The first-order chi connectivity index (χ1) is 8.81. The van der Waals surface area contributed by atoms with Gasteiger partial charge in [0, 0.05) is 25.0 Å². The number of hydrogen-bond donors (Lipinski definition) is 1. The molecular formula is C14H23N3O. The molecule has 1 heterocycles. The number of aryl methyl sites for hydroxylation is 1. The standard InChI is InChI=1S/C14H23N3O/c1-2-10-17-11-9-15-13(14(17)18)16-12-7-5-3-4-6-8-12/h9,11-12H,2-8,10H2,1H3,(H,15,16). The lowest BCUT2D eigenvalue weighted by atomic mass is 10.1. The largest absolute Gasteiger partial charge is 0.363 e. The highest BCUT2D eigenvalue weighted by molar-refractivity contribution is 5.32. The smallest absolute Gasteiger partial charge is 0.293 e. The summed E-state index contributed by atoms with van der Waals surface area (Å²) in [7, 11) is 0. The van der Waals surface area contributed by atoms with Gasteiger partial charge in [-0.25, -0.2) is 4.98 Å². The lowest BCUT2D eigenvalue weighted by Gasteiger charge is -2.16. The molecule has 4 nitrogen and oxygen atoms in total. The number of hydrogen-bond acceptors (Lipinski definition) is 3. The fourth-order valence-electron chi connectivity index (χ4n) is 2.58. The SMILES string of the molecule is CCCn1ccnc(NC2CCCCCC2)c1=O. The van der Waals surface area contributed by atoms with Crippen molar-refractivity contribution >= 4 is 5.82 Å². The van der Waals surface area contributed by atoms with Crippen LogP contribution in [0.25, 0.3) is 0 Å². The Bertz CT molecular complexity index is 419. The van der Waals surface area contributed by atoms with Crippen molar-refractivity contribution in [3.63, 3.8) is 0 Å². The highest BCUT2D eigenvalue weighted by Gasteiger charge is 2.14. The number of anilines is 1. The predicted molar refractivity (Wildman–Crippen MR) is 73.9 cm³/mol. The van der Waals surface area contributed by atoms with Gasteiger partial charge in [-0.15, -0.1) is 0 Å². The zero-order valence-electron chi connectivity index (χ0n) is 11.2. The third kappa shape index (κ3) is 3.34. The molecule has 0 spiro atoms. The van der Waals surface area contributed by atoms with Gasteiger partial charge in [0.15, 0.2) is 5.82 Å². The molecule has 1 N–H and O–H groups in total. The van der Waals surface area contributed by atoms with Gasteiger partial charge in [-0.1, -0.05) is 32.6 Å². The molecule has 2 rings (SSSR count). The monoisotopic (exact) mass is 249 g/mol. The number of nitrogens with zero attached hydrogens (tertiary/aromatic N) is 2. The third-order valence-corrected chi connectivity index (χ3v) is 3.57. The summed E-state index contributed by atoms with van der Waals surface area (Å²) in [6.45, 7) is 2.84. The van der Waals surface area contributed by atoms with E-state index in [9.17, 15) is 4.79 Å². The lowest BCUT2D eigenvalue weighted by molar-refractivity contribution is 0.607. The Morgan fingerprint density at radius 1 is 1.33 bits per heavy atom. The summed E-state index contributed by atoms with van der Waals surface area (Å²) in [5.74, 6) is 0.526. The first-order valence-electron chi connectivity index (χ1n) is 7.13. The molecule has 1 aliphatic carbocycles. The fraction of sp³-hybridized carbons (Fsp3) is 0.714. The van der Waals surface area contributed by atoms with E-state index in [-0.39, 0.29) is 5.56 Å². The van der Waals surface area contributed by atoms with Gasteiger partial charge in [-0.05, 0) is 19.3 Å². The summed E-state index contributed by atoms with van der Waals surface area (Å²) in [4.78, 5) is 16.4. The molecule has 1 fully saturated rings. The molecule has 0 atom stereocenters. The van der Waals surface area contributed by atoms with Crippen LogP contribution in [0.15, 0.2) is 17.2 Å². The Morgan fingerprint density at radius 2 is 2.06 bits per heavy atom. The van der Waals surface area contributed by atoms with Crippen molar-refractivity contribution in [3.05, 3.63) is 22.7 Å². The second-order valence-corrected chi connectivity index (χ2v) is 5.11. The Balaban J connectivity index is 2.08. The zero-order valence-corrected chi connectivity index (χ0v) is 11.2. The van der Waals surface area contributed by atoms with Crippen LogP contribution in [0, 0.1) is 0 Å². The van der Waals surface area contributed by atoms with E-state index in [0.29, 0.717) is 11.9 Å². The summed E-state index contributed by atoms with van der Waals surface area (Å²) in [5.41, 5.74) is 0.0172. The molecule has 0 aliphatic heterocycles. The summed E-state index contributed by atoms with van der Waals surface area (Å²) in [6.07, 6.45) is 11.9. The van der Waals surface area contributed by atoms with Gasteiger partial charge in [0.05, 0.1) is 0 Å². The number of aromatic nitrogens is 2. The summed E-state index contributed by atoms with van der Waals surface area (Å²) in [5, 5.41) is 3.34. The molecule has 0 aromatic carbocycles. The minimum atomic E-state index is 0.0172. The van der Waals surface area contributed by atoms with Crippen molar-refractivity contribution in [2.24, 2.45) is 0 Å². The molecule has 1 aromatic rings. The van der Waals surface area contributed by atoms with Crippen molar-refractivity contribution in [1.82, 2.24) is 9.55 Å². The Morgan fingerprint density at radius 3 is 2.72 bits per heavy atom. The van der Waals surface area contributed by atoms with E-state index in [1.54, 1.807) is 17.0 Å². The average molecular weight is 249 g/mol. The summed E-state index contributed by atoms with van der Waals surface area (Å²) >= 11 is 0. The van der Waals surface area contributed by atoms with Crippen molar-refractivity contribution < 1.29 is 0 Å². The Kier molecular flexibility index (Phi) is 4.79. The van der Waals surface area contributed by atoms with Crippen LogP contribution >= 0.6 is 0 Å². The van der Waals surface area contributed by atoms with Crippen LogP contribution in [0.2, 0.25) is 0 Å². The van der Waals surface area contributed by atoms with E-state index in [0.717, 1.165) is 25.8 Å². The van der Waals surface area contributed by atoms with E-state index in [1.165, 1.54) is 25.7 Å². The topological polar surface area (TPSA) is 46.9 Å². The highest BCUT2D eigenvalue weighted by Crippen LogP contribution is 2.19. The van der Waals surface area contributed by atoms with Crippen molar-refractivity contribution in [2.75, 3.05) is 5.32 Å². The molecule has 0 unspecified atom stereocenters. The predicted octanol–water partition coefficient (Wildman–Crippen LogP) is 2.79.